The SMILES string of the molecule is N#CCCC(C#N)CSc1nnc(N2CCCCC2)n1C1CC1. The zero-order valence-electron chi connectivity index (χ0n) is 13.3. The molecule has 0 N–H and O–H groups in total. The van der Waals surface area contributed by atoms with Gasteiger partial charge in [0.05, 0.1) is 18.1 Å². The van der Waals surface area contributed by atoms with E-state index in [9.17, 15) is 5.26 Å². The van der Waals surface area contributed by atoms with Crippen LogP contribution in [0.4, 0.5) is 5.95 Å². The Labute approximate surface area is 141 Å². The monoisotopic (exact) mass is 330 g/mol. The molecule has 1 aliphatic carbocycles. The highest BCUT2D eigenvalue weighted by Gasteiger charge is 2.32. The van der Waals surface area contributed by atoms with Gasteiger partial charge in [-0.25, -0.2) is 0 Å². The van der Waals surface area contributed by atoms with Crippen LogP contribution in [0.3, 0.4) is 0 Å². The molecular weight excluding hydrogens is 308 g/mol. The number of rotatable bonds is 7. The second-order valence-electron chi connectivity index (χ2n) is 6.27. The Morgan fingerprint density at radius 2 is 1.96 bits per heavy atom. The molecule has 1 unspecified atom stereocenters. The predicted molar refractivity (Wildman–Crippen MR) is 89.0 cm³/mol. The molecule has 1 saturated carbocycles. The van der Waals surface area contributed by atoms with Gasteiger partial charge in [0.2, 0.25) is 5.95 Å². The average molecular weight is 330 g/mol. The van der Waals surface area contributed by atoms with Gasteiger partial charge < -0.3 is 4.90 Å². The third kappa shape index (κ3) is 3.97. The molecule has 0 bridgehead atoms. The molecule has 0 radical (unpaired) electrons. The first-order chi connectivity index (χ1) is 11.3. The third-order valence-corrected chi connectivity index (χ3v) is 5.50. The van der Waals surface area contributed by atoms with Crippen molar-refractivity contribution >= 4 is 17.7 Å². The van der Waals surface area contributed by atoms with Gasteiger partial charge in [0.1, 0.15) is 0 Å². The molecular formula is C16H22N6S. The maximum absolute atomic E-state index is 9.21. The first-order valence-corrected chi connectivity index (χ1v) is 9.41. The van der Waals surface area contributed by atoms with Crippen LogP contribution in [0.5, 0.6) is 0 Å². The summed E-state index contributed by atoms with van der Waals surface area (Å²) < 4.78 is 2.29. The van der Waals surface area contributed by atoms with Gasteiger partial charge in [-0.3, -0.25) is 4.57 Å². The second-order valence-corrected chi connectivity index (χ2v) is 7.25. The van der Waals surface area contributed by atoms with Crippen molar-refractivity contribution in [2.45, 2.75) is 56.1 Å². The molecule has 0 amide bonds. The topological polar surface area (TPSA) is 81.5 Å². The van der Waals surface area contributed by atoms with Crippen LogP contribution in [0, 0.1) is 28.6 Å². The summed E-state index contributed by atoms with van der Waals surface area (Å²) in [6, 6.07) is 4.95. The molecule has 122 valence electrons. The summed E-state index contributed by atoms with van der Waals surface area (Å²) in [7, 11) is 0. The molecule has 1 saturated heterocycles. The van der Waals surface area contributed by atoms with E-state index in [1.54, 1.807) is 11.8 Å². The average Bonchev–Trinajstić information content (AvgIpc) is 3.35. The Morgan fingerprint density at radius 3 is 2.61 bits per heavy atom. The fourth-order valence-electron chi connectivity index (χ4n) is 2.93. The Hall–Kier alpha value is -1.73. The standard InChI is InChI=1S/C16H22N6S/c17-8-4-5-13(11-18)12-23-16-20-19-15(22(16)14-6-7-14)21-9-2-1-3-10-21/h13-14H,1-7,9-10,12H2. The molecule has 6 nitrogen and oxygen atoms in total. The van der Waals surface area contributed by atoms with Crippen molar-refractivity contribution in [1.29, 1.82) is 10.5 Å². The fourth-order valence-corrected chi connectivity index (χ4v) is 3.99. The number of thioether (sulfide) groups is 1. The number of hydrogen-bond acceptors (Lipinski definition) is 6. The van der Waals surface area contributed by atoms with Gasteiger partial charge in [-0.05, 0) is 38.5 Å². The zero-order chi connectivity index (χ0) is 16.1. The predicted octanol–water partition coefficient (Wildman–Crippen LogP) is 3.14. The Kier molecular flexibility index (Phi) is 5.40. The lowest BCUT2D eigenvalue weighted by Gasteiger charge is -2.27. The lowest BCUT2D eigenvalue weighted by molar-refractivity contribution is 0.548. The summed E-state index contributed by atoms with van der Waals surface area (Å²) in [6.07, 6.45) is 7.22. The van der Waals surface area contributed by atoms with Crippen LogP contribution in [0.2, 0.25) is 0 Å². The summed E-state index contributed by atoms with van der Waals surface area (Å²) in [5.41, 5.74) is 0. The molecule has 1 atom stereocenters. The van der Waals surface area contributed by atoms with Gasteiger partial charge in [0.15, 0.2) is 5.16 Å². The maximum Gasteiger partial charge on any atom is 0.228 e. The number of nitrogens with zero attached hydrogens (tertiary/aromatic N) is 6. The van der Waals surface area contributed by atoms with Crippen LogP contribution in [0.15, 0.2) is 5.16 Å². The normalized spacial score (nSPS) is 19.1. The molecule has 1 aromatic rings. The summed E-state index contributed by atoms with van der Waals surface area (Å²) in [5.74, 6) is 1.60. The number of nitriles is 2. The van der Waals surface area contributed by atoms with Crippen molar-refractivity contribution in [2.75, 3.05) is 23.7 Å². The van der Waals surface area contributed by atoms with Gasteiger partial charge in [-0.15, -0.1) is 10.2 Å². The van der Waals surface area contributed by atoms with Gasteiger partial charge in [0, 0.05) is 31.3 Å². The van der Waals surface area contributed by atoms with Crippen molar-refractivity contribution in [3.05, 3.63) is 0 Å². The highest BCUT2D eigenvalue weighted by atomic mass is 32.2. The Bertz CT molecular complexity index is 603. The van der Waals surface area contributed by atoms with E-state index in [0.717, 1.165) is 24.2 Å². The van der Waals surface area contributed by atoms with Crippen LogP contribution in [-0.2, 0) is 0 Å². The van der Waals surface area contributed by atoms with Crippen LogP contribution in [0.25, 0.3) is 0 Å². The van der Waals surface area contributed by atoms with E-state index in [4.69, 9.17) is 5.26 Å². The molecule has 3 rings (SSSR count). The molecule has 0 aromatic carbocycles. The van der Waals surface area contributed by atoms with Gasteiger partial charge in [-0.2, -0.15) is 10.5 Å². The van der Waals surface area contributed by atoms with Crippen LogP contribution >= 0.6 is 11.8 Å². The number of aromatic nitrogens is 3. The first-order valence-electron chi connectivity index (χ1n) is 8.42. The van der Waals surface area contributed by atoms with Crippen LogP contribution in [0.1, 0.15) is 51.0 Å². The minimum atomic E-state index is -0.0950. The van der Waals surface area contributed by atoms with Gasteiger partial charge in [0.25, 0.3) is 0 Å². The van der Waals surface area contributed by atoms with E-state index in [-0.39, 0.29) is 5.92 Å². The maximum atomic E-state index is 9.21. The smallest absolute Gasteiger partial charge is 0.228 e. The van der Waals surface area contributed by atoms with E-state index in [1.165, 1.54) is 32.1 Å². The summed E-state index contributed by atoms with van der Waals surface area (Å²) >= 11 is 1.61. The zero-order valence-corrected chi connectivity index (χ0v) is 14.1. The van der Waals surface area contributed by atoms with Crippen molar-refractivity contribution in [1.82, 2.24) is 14.8 Å². The minimum Gasteiger partial charge on any atom is -0.341 e. The van der Waals surface area contributed by atoms with Gasteiger partial charge in [-0.1, -0.05) is 11.8 Å². The van der Waals surface area contributed by atoms with E-state index in [2.05, 4.69) is 31.8 Å². The van der Waals surface area contributed by atoms with Gasteiger partial charge >= 0.3 is 0 Å². The fraction of sp³-hybridized carbons (Fsp3) is 0.750. The Morgan fingerprint density at radius 1 is 1.17 bits per heavy atom. The molecule has 1 aliphatic heterocycles. The minimum absolute atomic E-state index is 0.0950. The van der Waals surface area contributed by atoms with E-state index in [1.807, 2.05) is 0 Å². The Balaban J connectivity index is 1.68. The highest BCUT2D eigenvalue weighted by molar-refractivity contribution is 7.99. The van der Waals surface area contributed by atoms with Crippen molar-refractivity contribution in [3.8, 4) is 12.1 Å². The van der Waals surface area contributed by atoms with E-state index >= 15 is 0 Å². The molecule has 23 heavy (non-hydrogen) atoms. The highest BCUT2D eigenvalue weighted by Crippen LogP contribution is 2.41. The molecule has 7 heteroatoms. The lowest BCUT2D eigenvalue weighted by atomic mass is 10.1. The second kappa shape index (κ2) is 7.70. The molecule has 0 spiro atoms. The number of piperidine rings is 1. The van der Waals surface area contributed by atoms with E-state index < -0.39 is 0 Å². The van der Waals surface area contributed by atoms with Crippen molar-refractivity contribution in [2.24, 2.45) is 5.92 Å². The van der Waals surface area contributed by atoms with Crippen LogP contribution in [-0.4, -0.2) is 33.6 Å². The molecule has 2 aliphatic rings. The number of hydrogen-bond donors (Lipinski definition) is 0. The quantitative estimate of drug-likeness (QED) is 0.714. The van der Waals surface area contributed by atoms with E-state index in [0.29, 0.717) is 24.6 Å². The molecule has 2 fully saturated rings. The summed E-state index contributed by atoms with van der Waals surface area (Å²) in [4.78, 5) is 2.36. The lowest BCUT2D eigenvalue weighted by Crippen LogP contribution is -2.31. The molecule has 1 aromatic heterocycles. The summed E-state index contributed by atoms with van der Waals surface area (Å²) in [6.45, 7) is 2.14. The molecule has 2 heterocycles. The summed E-state index contributed by atoms with van der Waals surface area (Å²) in [5, 5.41) is 27.7. The van der Waals surface area contributed by atoms with Crippen LogP contribution < -0.4 is 4.90 Å². The van der Waals surface area contributed by atoms with Crippen molar-refractivity contribution in [3.63, 3.8) is 0 Å². The van der Waals surface area contributed by atoms with Crippen molar-refractivity contribution < 1.29 is 0 Å². The largest absolute Gasteiger partial charge is 0.341 e. The third-order valence-electron chi connectivity index (χ3n) is 4.40. The first kappa shape index (κ1) is 16.1. The number of anilines is 1.